The van der Waals surface area contributed by atoms with Crippen molar-refractivity contribution in [1.29, 1.82) is 0 Å². The van der Waals surface area contributed by atoms with Gasteiger partial charge in [0.25, 0.3) is 0 Å². The summed E-state index contributed by atoms with van der Waals surface area (Å²) in [6.45, 7) is 4.34. The number of anilines is 6. The van der Waals surface area contributed by atoms with Crippen molar-refractivity contribution in [2.45, 2.75) is 63.2 Å². The highest BCUT2D eigenvalue weighted by atomic mass is 15.2. The van der Waals surface area contributed by atoms with Crippen LogP contribution in [0.5, 0.6) is 0 Å². The summed E-state index contributed by atoms with van der Waals surface area (Å²) >= 11 is 0. The molecule has 2 heterocycles. The van der Waals surface area contributed by atoms with Gasteiger partial charge < -0.3 is 18.9 Å². The molecule has 84 heavy (non-hydrogen) atoms. The molecule has 4 nitrogen and oxygen atoms in total. The van der Waals surface area contributed by atoms with Crippen molar-refractivity contribution in [3.63, 3.8) is 0 Å². The fraction of sp³-hybridized carbons (Fsp3) is 0.125. The maximum absolute atomic E-state index is 2.45. The van der Waals surface area contributed by atoms with Crippen LogP contribution in [0.3, 0.4) is 0 Å². The van der Waals surface area contributed by atoms with Crippen LogP contribution in [0.4, 0.5) is 34.1 Å². The quantitative estimate of drug-likeness (QED) is 0.121. The van der Waals surface area contributed by atoms with Gasteiger partial charge in [-0.05, 0) is 195 Å². The standard InChI is InChI=1S/C80H64N4/c1-53-23-35-63(36-24-53)81(65-39-27-55(28-40-65)59-49-61(50-59)57-31-43-67(44-32-57)83-75-19-9-5-15-69(75)70-16-6-10-20-76(70)83)79-47-48-80(74-14-4-3-13-73(74)79)82(64-37-25-54(2)26-38-64)66-41-29-56(30-42-66)60-51-62(52-60)58-33-45-68(46-34-58)84-77-21-11-7-17-71(77)72-18-8-12-22-78(72)84/h3-48,59-62H,49-52H2,1-2H3. The van der Waals surface area contributed by atoms with E-state index < -0.39 is 0 Å². The van der Waals surface area contributed by atoms with Gasteiger partial charge in [-0.2, -0.15) is 0 Å². The molecule has 2 aliphatic carbocycles. The molecule has 2 fully saturated rings. The molecule has 0 radical (unpaired) electrons. The first-order valence-corrected chi connectivity index (χ1v) is 30.1. The minimum atomic E-state index is 0.532. The van der Waals surface area contributed by atoms with Crippen molar-refractivity contribution in [1.82, 2.24) is 9.13 Å². The molecular formula is C80H64N4. The largest absolute Gasteiger partial charge is 0.310 e. The van der Waals surface area contributed by atoms with E-state index in [0.717, 1.165) is 59.8 Å². The maximum Gasteiger partial charge on any atom is 0.0541 e. The van der Waals surface area contributed by atoms with Gasteiger partial charge in [-0.3, -0.25) is 0 Å². The first kappa shape index (κ1) is 49.9. The topological polar surface area (TPSA) is 16.3 Å². The molecule has 16 rings (SSSR count). The van der Waals surface area contributed by atoms with Crippen molar-refractivity contribution in [3.05, 3.63) is 312 Å². The molecule has 0 atom stereocenters. The summed E-state index contributed by atoms with van der Waals surface area (Å²) in [5.74, 6) is 2.17. The SMILES string of the molecule is Cc1ccc(N(c2ccc(C3CC(c4ccc(-n5c6ccccc6c6ccccc65)cc4)C3)cc2)c2ccc(N(c3ccc(C)cc3)c3ccc(C4CC(c5ccc(-n6c7ccccc7c7ccccc76)cc5)C4)cc3)c3ccccc23)cc1. The average Bonchev–Trinajstić information content (AvgIpc) is 2.32. The van der Waals surface area contributed by atoms with Gasteiger partial charge in [0.05, 0.1) is 33.4 Å². The maximum atomic E-state index is 2.45. The molecule has 0 N–H and O–H groups in total. The monoisotopic (exact) mass is 1080 g/mol. The minimum Gasteiger partial charge on any atom is -0.310 e. The zero-order chi connectivity index (χ0) is 55.8. The van der Waals surface area contributed by atoms with Crippen LogP contribution in [0, 0.1) is 13.8 Å². The average molecular weight is 1080 g/mol. The minimum absolute atomic E-state index is 0.532. The molecule has 404 valence electrons. The highest BCUT2D eigenvalue weighted by Crippen LogP contribution is 2.51. The predicted molar refractivity (Wildman–Crippen MR) is 354 cm³/mol. The number of nitrogens with zero attached hydrogens (tertiary/aromatic N) is 4. The molecule has 0 aliphatic heterocycles. The Bertz CT molecular complexity index is 4320. The van der Waals surface area contributed by atoms with Crippen LogP contribution in [-0.2, 0) is 0 Å². The Morgan fingerprint density at radius 2 is 0.488 bits per heavy atom. The summed E-state index contributed by atoms with van der Waals surface area (Å²) in [4.78, 5) is 4.91. The van der Waals surface area contributed by atoms with E-state index in [-0.39, 0.29) is 0 Å². The second kappa shape index (κ2) is 20.5. The van der Waals surface area contributed by atoms with E-state index in [1.54, 1.807) is 0 Å². The number of hydrogen-bond acceptors (Lipinski definition) is 2. The second-order valence-corrected chi connectivity index (χ2v) is 23.8. The summed E-state index contributed by atoms with van der Waals surface area (Å²) in [5, 5.41) is 7.58. The Kier molecular flexibility index (Phi) is 12.2. The third-order valence-electron chi connectivity index (χ3n) is 18.9. The summed E-state index contributed by atoms with van der Waals surface area (Å²) in [7, 11) is 0. The zero-order valence-electron chi connectivity index (χ0n) is 47.5. The highest BCUT2D eigenvalue weighted by Gasteiger charge is 2.33. The van der Waals surface area contributed by atoms with Gasteiger partial charge in [0.2, 0.25) is 0 Å². The molecule has 2 aliphatic rings. The molecule has 2 saturated carbocycles. The molecule has 4 heteroatoms. The van der Waals surface area contributed by atoms with Crippen LogP contribution in [0.1, 0.15) is 82.7 Å². The predicted octanol–water partition coefficient (Wildman–Crippen LogP) is 21.9. The summed E-state index contributed by atoms with van der Waals surface area (Å²) in [6.07, 6.45) is 4.63. The smallest absolute Gasteiger partial charge is 0.0541 e. The van der Waals surface area contributed by atoms with Gasteiger partial charge >= 0.3 is 0 Å². The lowest BCUT2D eigenvalue weighted by atomic mass is 9.68. The molecule has 0 unspecified atom stereocenters. The van der Waals surface area contributed by atoms with E-state index in [1.165, 1.54) is 99.1 Å². The van der Waals surface area contributed by atoms with Gasteiger partial charge in [0.15, 0.2) is 0 Å². The number of fused-ring (bicyclic) bond motifs is 7. The number of aromatic nitrogens is 2. The molecular weight excluding hydrogens is 1020 g/mol. The number of rotatable bonds is 12. The normalized spacial score (nSPS) is 16.7. The first-order chi connectivity index (χ1) is 41.5. The Hall–Kier alpha value is -9.90. The van der Waals surface area contributed by atoms with E-state index in [1.807, 2.05) is 0 Å². The Morgan fingerprint density at radius 1 is 0.250 bits per heavy atom. The summed E-state index contributed by atoms with van der Waals surface area (Å²) in [5.41, 5.74) is 22.5. The molecule has 0 spiro atoms. The summed E-state index contributed by atoms with van der Waals surface area (Å²) < 4.78 is 4.82. The lowest BCUT2D eigenvalue weighted by molar-refractivity contribution is 0.351. The molecule has 0 saturated heterocycles. The third kappa shape index (κ3) is 8.58. The highest BCUT2D eigenvalue weighted by molar-refractivity contribution is 6.11. The second-order valence-electron chi connectivity index (χ2n) is 23.8. The Morgan fingerprint density at radius 3 is 0.774 bits per heavy atom. The van der Waals surface area contributed by atoms with Crippen LogP contribution in [-0.4, -0.2) is 9.13 Å². The lowest BCUT2D eigenvalue weighted by Gasteiger charge is -2.37. The van der Waals surface area contributed by atoms with Gasteiger partial charge in [0, 0.05) is 66.4 Å². The summed E-state index contributed by atoms with van der Waals surface area (Å²) in [6, 6.07) is 104. The van der Waals surface area contributed by atoms with Crippen LogP contribution in [0.25, 0.3) is 65.8 Å². The molecule has 0 amide bonds. The van der Waals surface area contributed by atoms with E-state index >= 15 is 0 Å². The van der Waals surface area contributed by atoms with Crippen molar-refractivity contribution >= 4 is 88.5 Å². The fourth-order valence-electron chi connectivity index (χ4n) is 14.2. The number of hydrogen-bond donors (Lipinski definition) is 0. The van der Waals surface area contributed by atoms with Gasteiger partial charge in [-0.25, -0.2) is 0 Å². The number of benzene rings is 12. The van der Waals surface area contributed by atoms with Crippen molar-refractivity contribution in [2.24, 2.45) is 0 Å². The fourth-order valence-corrected chi connectivity index (χ4v) is 14.2. The Balaban J connectivity index is 0.656. The van der Waals surface area contributed by atoms with Crippen molar-refractivity contribution in [2.75, 3.05) is 9.80 Å². The van der Waals surface area contributed by atoms with Gasteiger partial charge in [-0.1, -0.05) is 181 Å². The van der Waals surface area contributed by atoms with Crippen LogP contribution < -0.4 is 9.80 Å². The van der Waals surface area contributed by atoms with Gasteiger partial charge in [0.1, 0.15) is 0 Å². The third-order valence-corrected chi connectivity index (χ3v) is 18.9. The van der Waals surface area contributed by atoms with E-state index in [0.29, 0.717) is 23.7 Å². The van der Waals surface area contributed by atoms with Crippen LogP contribution in [0.2, 0.25) is 0 Å². The van der Waals surface area contributed by atoms with Gasteiger partial charge in [-0.15, -0.1) is 0 Å². The molecule has 0 bridgehead atoms. The Labute approximate surface area is 491 Å². The van der Waals surface area contributed by atoms with E-state index in [9.17, 15) is 0 Å². The number of aryl methyl sites for hydroxylation is 2. The molecule has 2 aromatic heterocycles. The lowest BCUT2D eigenvalue weighted by Crippen LogP contribution is -2.20. The zero-order valence-corrected chi connectivity index (χ0v) is 47.5. The molecule has 14 aromatic rings. The van der Waals surface area contributed by atoms with Crippen molar-refractivity contribution < 1.29 is 0 Å². The van der Waals surface area contributed by atoms with Crippen LogP contribution >= 0.6 is 0 Å². The number of para-hydroxylation sites is 4. The first-order valence-electron chi connectivity index (χ1n) is 30.1. The molecule has 12 aromatic carbocycles. The van der Waals surface area contributed by atoms with E-state index in [2.05, 4.69) is 312 Å². The van der Waals surface area contributed by atoms with E-state index in [4.69, 9.17) is 0 Å². The van der Waals surface area contributed by atoms with Crippen LogP contribution in [0.15, 0.2) is 279 Å². The van der Waals surface area contributed by atoms with Crippen molar-refractivity contribution in [3.8, 4) is 11.4 Å².